The number of amides is 1. The fourth-order valence-corrected chi connectivity index (χ4v) is 5.36. The number of rotatable bonds is 5. The van der Waals surface area contributed by atoms with Crippen LogP contribution < -0.4 is 5.32 Å². The minimum atomic E-state index is 0.369. The summed E-state index contributed by atoms with van der Waals surface area (Å²) in [6, 6.07) is 1.52. The summed E-state index contributed by atoms with van der Waals surface area (Å²) >= 11 is 0. The zero-order valence-corrected chi connectivity index (χ0v) is 15.9. The van der Waals surface area contributed by atoms with Crippen LogP contribution in [0.5, 0.6) is 0 Å². The maximum absolute atomic E-state index is 12.3. The lowest BCUT2D eigenvalue weighted by Crippen LogP contribution is -2.48. The first kappa shape index (κ1) is 17.8. The minimum Gasteiger partial charge on any atom is -0.342 e. The van der Waals surface area contributed by atoms with E-state index in [0.717, 1.165) is 50.7 Å². The lowest BCUT2D eigenvalue weighted by Gasteiger charge is -2.37. The van der Waals surface area contributed by atoms with Crippen LogP contribution in [0.4, 0.5) is 0 Å². The molecule has 142 valence electrons. The van der Waals surface area contributed by atoms with E-state index >= 15 is 0 Å². The summed E-state index contributed by atoms with van der Waals surface area (Å²) in [4.78, 5) is 17.3. The van der Waals surface area contributed by atoms with Crippen molar-refractivity contribution in [2.75, 3.05) is 32.7 Å². The van der Waals surface area contributed by atoms with Crippen LogP contribution in [0.3, 0.4) is 0 Å². The molecule has 4 aliphatic rings. The molecule has 4 fully saturated rings. The van der Waals surface area contributed by atoms with Crippen LogP contribution in [-0.2, 0) is 4.79 Å². The maximum Gasteiger partial charge on any atom is 0.225 e. The van der Waals surface area contributed by atoms with Gasteiger partial charge in [-0.1, -0.05) is 25.7 Å². The summed E-state index contributed by atoms with van der Waals surface area (Å²) in [5.74, 6) is 1.66. The van der Waals surface area contributed by atoms with Crippen molar-refractivity contribution >= 4 is 5.91 Å². The van der Waals surface area contributed by atoms with E-state index in [1.807, 2.05) is 0 Å². The lowest BCUT2D eigenvalue weighted by atomic mass is 9.84. The third-order valence-corrected chi connectivity index (χ3v) is 7.36. The first-order valence-corrected chi connectivity index (χ1v) is 11.1. The molecule has 4 heteroatoms. The van der Waals surface area contributed by atoms with Gasteiger partial charge < -0.3 is 15.1 Å². The van der Waals surface area contributed by atoms with Gasteiger partial charge in [0.1, 0.15) is 0 Å². The van der Waals surface area contributed by atoms with Crippen LogP contribution in [0.2, 0.25) is 0 Å². The highest BCUT2D eigenvalue weighted by molar-refractivity contribution is 5.79. The molecule has 2 saturated carbocycles. The van der Waals surface area contributed by atoms with E-state index in [0.29, 0.717) is 17.9 Å². The number of nitrogens with one attached hydrogen (secondary N) is 1. The van der Waals surface area contributed by atoms with E-state index in [-0.39, 0.29) is 0 Å². The summed E-state index contributed by atoms with van der Waals surface area (Å²) in [5, 5.41) is 3.84. The fraction of sp³-hybridized carbons (Fsp3) is 0.952. The first-order chi connectivity index (χ1) is 12.3. The Hall–Kier alpha value is -0.610. The van der Waals surface area contributed by atoms with Gasteiger partial charge in [-0.15, -0.1) is 0 Å². The summed E-state index contributed by atoms with van der Waals surface area (Å²) in [5.41, 5.74) is 0. The van der Waals surface area contributed by atoms with E-state index in [4.69, 9.17) is 0 Å². The smallest absolute Gasteiger partial charge is 0.225 e. The van der Waals surface area contributed by atoms with Gasteiger partial charge in [-0.3, -0.25) is 4.79 Å². The second-order valence-corrected chi connectivity index (χ2v) is 9.08. The SMILES string of the molecule is O=C(C1CCC1)N1CCC(NCC2CCN(C3CCCCC3)C2)CC1. The van der Waals surface area contributed by atoms with Crippen LogP contribution in [-0.4, -0.2) is 60.5 Å². The van der Waals surface area contributed by atoms with Crippen molar-refractivity contribution in [2.45, 2.75) is 82.7 Å². The molecule has 0 aromatic carbocycles. The van der Waals surface area contributed by atoms with Crippen LogP contribution in [0.15, 0.2) is 0 Å². The normalized spacial score (nSPS) is 30.6. The van der Waals surface area contributed by atoms with Gasteiger partial charge in [0, 0.05) is 37.6 Å². The summed E-state index contributed by atoms with van der Waals surface area (Å²) < 4.78 is 0. The largest absolute Gasteiger partial charge is 0.342 e. The van der Waals surface area contributed by atoms with Gasteiger partial charge in [0.25, 0.3) is 0 Å². The van der Waals surface area contributed by atoms with Gasteiger partial charge in [0.05, 0.1) is 0 Å². The van der Waals surface area contributed by atoms with E-state index in [1.54, 1.807) is 0 Å². The van der Waals surface area contributed by atoms with Crippen LogP contribution >= 0.6 is 0 Å². The Morgan fingerprint density at radius 1 is 0.840 bits per heavy atom. The molecular weight excluding hydrogens is 310 g/mol. The maximum atomic E-state index is 12.3. The van der Waals surface area contributed by atoms with Gasteiger partial charge in [-0.25, -0.2) is 0 Å². The Labute approximate surface area is 153 Å². The van der Waals surface area contributed by atoms with E-state index in [1.165, 1.54) is 64.6 Å². The molecule has 1 atom stereocenters. The summed E-state index contributed by atoms with van der Waals surface area (Å²) in [6.45, 7) is 5.78. The molecule has 1 N–H and O–H groups in total. The van der Waals surface area contributed by atoms with Crippen molar-refractivity contribution in [1.82, 2.24) is 15.1 Å². The molecule has 0 spiro atoms. The zero-order chi connectivity index (χ0) is 17.1. The number of nitrogens with zero attached hydrogens (tertiary/aromatic N) is 2. The van der Waals surface area contributed by atoms with Gasteiger partial charge >= 0.3 is 0 Å². The van der Waals surface area contributed by atoms with Crippen LogP contribution in [0.1, 0.15) is 70.6 Å². The molecule has 0 aromatic rings. The Balaban J connectivity index is 1.13. The van der Waals surface area contributed by atoms with Gasteiger partial charge in [-0.05, 0) is 64.0 Å². The van der Waals surface area contributed by atoms with Crippen molar-refractivity contribution in [2.24, 2.45) is 11.8 Å². The lowest BCUT2D eigenvalue weighted by molar-refractivity contribution is -0.139. The molecule has 4 nitrogen and oxygen atoms in total. The number of likely N-dealkylation sites (tertiary alicyclic amines) is 2. The van der Waals surface area contributed by atoms with E-state index in [2.05, 4.69) is 15.1 Å². The predicted octanol–water partition coefficient (Wildman–Crippen LogP) is 3.02. The Morgan fingerprint density at radius 3 is 2.28 bits per heavy atom. The highest BCUT2D eigenvalue weighted by atomic mass is 16.2. The highest BCUT2D eigenvalue weighted by Gasteiger charge is 2.32. The molecule has 0 aromatic heterocycles. The first-order valence-electron chi connectivity index (χ1n) is 11.1. The average Bonchev–Trinajstić information content (AvgIpc) is 3.09. The summed E-state index contributed by atoms with van der Waals surface area (Å²) in [6.07, 6.45) is 14.4. The van der Waals surface area contributed by atoms with Gasteiger partial charge in [0.15, 0.2) is 0 Å². The molecular formula is C21H37N3O. The van der Waals surface area contributed by atoms with Crippen molar-refractivity contribution in [1.29, 1.82) is 0 Å². The van der Waals surface area contributed by atoms with E-state index in [9.17, 15) is 4.79 Å². The molecule has 0 radical (unpaired) electrons. The second-order valence-electron chi connectivity index (χ2n) is 9.08. The molecule has 2 heterocycles. The second kappa shape index (κ2) is 8.39. The third-order valence-electron chi connectivity index (χ3n) is 7.36. The van der Waals surface area contributed by atoms with E-state index < -0.39 is 0 Å². The standard InChI is InChI=1S/C21H37N3O/c25-21(18-5-4-6-18)23-13-10-19(11-14-23)22-15-17-9-12-24(16-17)20-7-2-1-3-8-20/h17-20,22H,1-16H2. The molecule has 4 rings (SSSR count). The zero-order valence-electron chi connectivity index (χ0n) is 15.9. The molecule has 1 unspecified atom stereocenters. The van der Waals surface area contributed by atoms with Gasteiger partial charge in [0.2, 0.25) is 5.91 Å². The number of hydrogen-bond acceptors (Lipinski definition) is 3. The molecule has 2 aliphatic carbocycles. The Bertz CT molecular complexity index is 436. The van der Waals surface area contributed by atoms with Crippen molar-refractivity contribution in [3.05, 3.63) is 0 Å². The number of hydrogen-bond donors (Lipinski definition) is 1. The molecule has 2 saturated heterocycles. The van der Waals surface area contributed by atoms with Crippen molar-refractivity contribution in [3.63, 3.8) is 0 Å². The number of piperidine rings is 1. The molecule has 2 aliphatic heterocycles. The fourth-order valence-electron chi connectivity index (χ4n) is 5.36. The monoisotopic (exact) mass is 347 g/mol. The topological polar surface area (TPSA) is 35.6 Å². The Morgan fingerprint density at radius 2 is 1.60 bits per heavy atom. The number of carbonyl (C=O) groups is 1. The molecule has 1 amide bonds. The van der Waals surface area contributed by atoms with Crippen LogP contribution in [0, 0.1) is 11.8 Å². The third kappa shape index (κ3) is 4.39. The predicted molar refractivity (Wildman–Crippen MR) is 101 cm³/mol. The van der Waals surface area contributed by atoms with Crippen molar-refractivity contribution < 1.29 is 4.79 Å². The average molecular weight is 348 g/mol. The number of carbonyl (C=O) groups excluding carboxylic acids is 1. The quantitative estimate of drug-likeness (QED) is 0.830. The summed E-state index contributed by atoms with van der Waals surface area (Å²) in [7, 11) is 0. The minimum absolute atomic E-state index is 0.369. The highest BCUT2D eigenvalue weighted by Crippen LogP contribution is 2.30. The van der Waals surface area contributed by atoms with Crippen molar-refractivity contribution in [3.8, 4) is 0 Å². The van der Waals surface area contributed by atoms with Gasteiger partial charge in [-0.2, -0.15) is 0 Å². The van der Waals surface area contributed by atoms with Crippen LogP contribution in [0.25, 0.3) is 0 Å². The molecule has 25 heavy (non-hydrogen) atoms. The molecule has 0 bridgehead atoms. The Kier molecular flexibility index (Phi) is 5.97.